The lowest BCUT2D eigenvalue weighted by molar-refractivity contribution is 0.0292. The van der Waals surface area contributed by atoms with Crippen molar-refractivity contribution in [1.29, 1.82) is 0 Å². The Balaban J connectivity index is 2.02. The summed E-state index contributed by atoms with van der Waals surface area (Å²) in [5.41, 5.74) is 0.243. The van der Waals surface area contributed by atoms with Gasteiger partial charge in [0.15, 0.2) is 0 Å². The lowest BCUT2D eigenvalue weighted by atomic mass is 10.1. The summed E-state index contributed by atoms with van der Waals surface area (Å²) in [6, 6.07) is 0. The van der Waals surface area contributed by atoms with Crippen molar-refractivity contribution >= 4 is 6.09 Å². The Labute approximate surface area is 125 Å². The maximum Gasteiger partial charge on any atom is 0.410 e. The van der Waals surface area contributed by atoms with Crippen LogP contribution in [-0.2, 0) is 11.2 Å². The Hall–Kier alpha value is -1.85. The van der Waals surface area contributed by atoms with E-state index in [1.807, 2.05) is 27.7 Å². The van der Waals surface area contributed by atoms with Gasteiger partial charge in [0, 0.05) is 30.8 Å². The van der Waals surface area contributed by atoms with Crippen LogP contribution in [-0.4, -0.2) is 44.8 Å². The van der Waals surface area contributed by atoms with Gasteiger partial charge in [0.1, 0.15) is 11.4 Å². The van der Waals surface area contributed by atoms with Gasteiger partial charge < -0.3 is 14.7 Å². The molecule has 21 heavy (non-hydrogen) atoms. The van der Waals surface area contributed by atoms with E-state index in [0.29, 0.717) is 25.3 Å². The topological polar surface area (TPSA) is 75.6 Å². The molecule has 0 aromatic carbocycles. The van der Waals surface area contributed by atoms with Gasteiger partial charge in [-0.2, -0.15) is 4.98 Å². The van der Waals surface area contributed by atoms with Crippen LogP contribution in [0.5, 0.6) is 5.88 Å². The Morgan fingerprint density at radius 2 is 2.24 bits per heavy atom. The highest BCUT2D eigenvalue weighted by atomic mass is 16.6. The lowest BCUT2D eigenvalue weighted by Crippen LogP contribution is -2.35. The first-order chi connectivity index (χ1) is 9.80. The number of amides is 1. The fourth-order valence-electron chi connectivity index (χ4n) is 2.32. The second kappa shape index (κ2) is 5.87. The zero-order chi connectivity index (χ0) is 15.6. The molecule has 1 amide bonds. The molecule has 1 aliphatic rings. The fourth-order valence-corrected chi connectivity index (χ4v) is 2.32. The number of carbonyl (C=O) groups excluding carboxylic acids is 1. The molecular formula is C15H23N3O3. The molecule has 0 bridgehead atoms. The number of aromatic nitrogens is 2. The number of carbonyl (C=O) groups is 1. The monoisotopic (exact) mass is 293 g/mol. The van der Waals surface area contributed by atoms with Crippen molar-refractivity contribution in [3.8, 4) is 5.88 Å². The maximum absolute atomic E-state index is 12.0. The number of hydrogen-bond acceptors (Lipinski definition) is 5. The number of rotatable bonds is 2. The van der Waals surface area contributed by atoms with E-state index in [2.05, 4.69) is 9.97 Å². The zero-order valence-corrected chi connectivity index (χ0v) is 13.1. The third-order valence-electron chi connectivity index (χ3n) is 3.45. The molecule has 116 valence electrons. The molecule has 2 heterocycles. The molecular weight excluding hydrogens is 270 g/mol. The van der Waals surface area contributed by atoms with Gasteiger partial charge >= 0.3 is 6.09 Å². The number of hydrogen-bond donors (Lipinski definition) is 1. The number of aryl methyl sites for hydroxylation is 1. The van der Waals surface area contributed by atoms with Gasteiger partial charge in [0.25, 0.3) is 0 Å². The van der Waals surface area contributed by atoms with E-state index in [0.717, 1.165) is 12.0 Å². The fraction of sp³-hybridized carbons (Fsp3) is 0.667. The SMILES string of the molecule is CCc1cnc([C@H]2CCN(C(=O)OC(C)(C)C)C2)nc1O. The van der Waals surface area contributed by atoms with Crippen molar-refractivity contribution in [2.45, 2.75) is 52.1 Å². The van der Waals surface area contributed by atoms with E-state index in [1.54, 1.807) is 11.1 Å². The van der Waals surface area contributed by atoms with Crippen molar-refractivity contribution in [2.24, 2.45) is 0 Å². The molecule has 0 unspecified atom stereocenters. The summed E-state index contributed by atoms with van der Waals surface area (Å²) < 4.78 is 5.36. The molecule has 0 saturated carbocycles. The normalized spacial score (nSPS) is 18.9. The van der Waals surface area contributed by atoms with E-state index in [1.165, 1.54) is 0 Å². The summed E-state index contributed by atoms with van der Waals surface area (Å²) in [5, 5.41) is 9.82. The number of likely N-dealkylation sites (tertiary alicyclic amines) is 1. The number of ether oxygens (including phenoxy) is 1. The molecule has 1 saturated heterocycles. The van der Waals surface area contributed by atoms with Gasteiger partial charge in [-0.05, 0) is 33.6 Å². The van der Waals surface area contributed by atoms with Crippen LogP contribution >= 0.6 is 0 Å². The zero-order valence-electron chi connectivity index (χ0n) is 13.1. The van der Waals surface area contributed by atoms with Crippen LogP contribution in [0.15, 0.2) is 6.20 Å². The van der Waals surface area contributed by atoms with Crippen LogP contribution in [0.4, 0.5) is 4.79 Å². The lowest BCUT2D eigenvalue weighted by Gasteiger charge is -2.24. The van der Waals surface area contributed by atoms with E-state index in [9.17, 15) is 9.90 Å². The smallest absolute Gasteiger partial charge is 0.410 e. The molecule has 1 aromatic rings. The predicted molar refractivity (Wildman–Crippen MR) is 78.2 cm³/mol. The minimum atomic E-state index is -0.493. The van der Waals surface area contributed by atoms with Crippen LogP contribution in [0.3, 0.4) is 0 Å². The Morgan fingerprint density at radius 3 is 2.81 bits per heavy atom. The van der Waals surface area contributed by atoms with Crippen LogP contribution in [0.1, 0.15) is 51.4 Å². The Bertz CT molecular complexity index is 525. The quantitative estimate of drug-likeness (QED) is 0.906. The molecule has 1 aliphatic heterocycles. The maximum atomic E-state index is 12.0. The molecule has 0 spiro atoms. The second-order valence-corrected chi connectivity index (χ2v) is 6.34. The van der Waals surface area contributed by atoms with Crippen molar-refractivity contribution < 1.29 is 14.6 Å². The summed E-state index contributed by atoms with van der Waals surface area (Å²) in [4.78, 5) is 22.2. The van der Waals surface area contributed by atoms with E-state index >= 15 is 0 Å². The molecule has 2 rings (SSSR count). The highest BCUT2D eigenvalue weighted by Gasteiger charge is 2.32. The summed E-state index contributed by atoms with van der Waals surface area (Å²) in [6.07, 6.45) is 2.83. The number of aromatic hydroxyl groups is 1. The minimum absolute atomic E-state index is 0.0400. The van der Waals surface area contributed by atoms with Gasteiger partial charge in [-0.1, -0.05) is 6.92 Å². The van der Waals surface area contributed by atoms with Crippen LogP contribution in [0, 0.1) is 0 Å². The molecule has 0 radical (unpaired) electrons. The Morgan fingerprint density at radius 1 is 1.52 bits per heavy atom. The van der Waals surface area contributed by atoms with Crippen LogP contribution < -0.4 is 0 Å². The first-order valence-corrected chi connectivity index (χ1v) is 7.33. The molecule has 1 atom stereocenters. The summed E-state index contributed by atoms with van der Waals surface area (Å²) in [6.45, 7) is 8.65. The van der Waals surface area contributed by atoms with Crippen molar-refractivity contribution in [3.63, 3.8) is 0 Å². The minimum Gasteiger partial charge on any atom is -0.493 e. The van der Waals surface area contributed by atoms with Gasteiger partial charge in [-0.15, -0.1) is 0 Å². The van der Waals surface area contributed by atoms with Crippen molar-refractivity contribution in [3.05, 3.63) is 17.6 Å². The van der Waals surface area contributed by atoms with Gasteiger partial charge in [-0.3, -0.25) is 0 Å². The summed E-state index contributed by atoms with van der Waals surface area (Å²) >= 11 is 0. The number of nitrogens with zero attached hydrogens (tertiary/aromatic N) is 3. The van der Waals surface area contributed by atoms with E-state index in [4.69, 9.17) is 4.74 Å². The van der Waals surface area contributed by atoms with Crippen LogP contribution in [0.25, 0.3) is 0 Å². The van der Waals surface area contributed by atoms with E-state index in [-0.39, 0.29) is 17.9 Å². The van der Waals surface area contributed by atoms with Gasteiger partial charge in [0.05, 0.1) is 0 Å². The highest BCUT2D eigenvalue weighted by Crippen LogP contribution is 2.27. The standard InChI is InChI=1S/C15H23N3O3/c1-5-10-8-16-12(17-13(10)19)11-6-7-18(9-11)14(20)21-15(2,3)4/h8,11H,5-7,9H2,1-4H3,(H,16,17,19)/t11-/m0/s1. The predicted octanol–water partition coefficient (Wildman–Crippen LogP) is 2.47. The molecule has 6 heteroatoms. The van der Waals surface area contributed by atoms with Gasteiger partial charge in [0.2, 0.25) is 5.88 Å². The largest absolute Gasteiger partial charge is 0.493 e. The molecule has 6 nitrogen and oxygen atoms in total. The third-order valence-corrected chi connectivity index (χ3v) is 3.45. The molecule has 1 N–H and O–H groups in total. The Kier molecular flexibility index (Phi) is 4.34. The first kappa shape index (κ1) is 15.5. The summed E-state index contributed by atoms with van der Waals surface area (Å²) in [7, 11) is 0. The molecule has 0 aliphatic carbocycles. The third kappa shape index (κ3) is 3.83. The molecule has 1 aromatic heterocycles. The first-order valence-electron chi connectivity index (χ1n) is 7.33. The highest BCUT2D eigenvalue weighted by molar-refractivity contribution is 5.68. The average Bonchev–Trinajstić information content (AvgIpc) is 2.86. The van der Waals surface area contributed by atoms with Crippen molar-refractivity contribution in [2.75, 3.05) is 13.1 Å². The molecule has 1 fully saturated rings. The van der Waals surface area contributed by atoms with E-state index < -0.39 is 5.60 Å². The summed E-state index contributed by atoms with van der Waals surface area (Å²) in [5.74, 6) is 0.684. The van der Waals surface area contributed by atoms with Crippen LogP contribution in [0.2, 0.25) is 0 Å². The average molecular weight is 293 g/mol. The van der Waals surface area contributed by atoms with Gasteiger partial charge in [-0.25, -0.2) is 9.78 Å². The second-order valence-electron chi connectivity index (χ2n) is 6.34. The van der Waals surface area contributed by atoms with Crippen molar-refractivity contribution in [1.82, 2.24) is 14.9 Å².